The Morgan fingerprint density at radius 3 is 2.56 bits per heavy atom. The van der Waals surface area contributed by atoms with Crippen molar-refractivity contribution in [3.63, 3.8) is 0 Å². The van der Waals surface area contributed by atoms with Crippen LogP contribution in [0.4, 0.5) is 10.8 Å². The molecular formula is C26H34N2O2S2. The molecule has 0 aliphatic heterocycles. The normalized spacial score (nSPS) is 11.6. The molecule has 4 nitrogen and oxygen atoms in total. The zero-order valence-electron chi connectivity index (χ0n) is 20.2. The zero-order chi connectivity index (χ0) is 23.5. The lowest BCUT2D eigenvalue weighted by molar-refractivity contribution is 0.340. The Morgan fingerprint density at radius 2 is 1.94 bits per heavy atom. The smallest absolute Gasteiger partial charge is 0.188 e. The number of methoxy groups -OCH3 is 1. The van der Waals surface area contributed by atoms with Crippen LogP contribution in [0.15, 0.2) is 36.9 Å². The van der Waals surface area contributed by atoms with Crippen molar-refractivity contribution in [2.75, 3.05) is 19.0 Å². The maximum atomic E-state index is 5.72. The number of aromatic nitrogens is 1. The van der Waals surface area contributed by atoms with Gasteiger partial charge >= 0.3 is 0 Å². The van der Waals surface area contributed by atoms with Crippen molar-refractivity contribution in [1.29, 1.82) is 0 Å². The quantitative estimate of drug-likeness (QED) is 0.321. The van der Waals surface area contributed by atoms with Gasteiger partial charge in [0.15, 0.2) is 5.13 Å². The summed E-state index contributed by atoms with van der Waals surface area (Å²) in [5, 5.41) is 4.45. The van der Waals surface area contributed by atoms with Gasteiger partial charge in [0.1, 0.15) is 11.5 Å². The fourth-order valence-electron chi connectivity index (χ4n) is 3.31. The molecule has 3 aromatic rings. The number of nitrogens with zero attached hydrogens (tertiary/aromatic N) is 1. The van der Waals surface area contributed by atoms with Crippen molar-refractivity contribution in [3.05, 3.63) is 51.5 Å². The van der Waals surface area contributed by atoms with Crippen LogP contribution in [0, 0.1) is 5.92 Å². The van der Waals surface area contributed by atoms with Gasteiger partial charge in [0, 0.05) is 15.3 Å². The highest BCUT2D eigenvalue weighted by atomic mass is 32.1. The fraction of sp³-hybridized carbons (Fsp3) is 0.423. The molecule has 0 aliphatic rings. The number of hydrogen-bond donors (Lipinski definition) is 1. The molecule has 0 saturated carbocycles. The summed E-state index contributed by atoms with van der Waals surface area (Å²) in [6.45, 7) is 17.9. The Labute approximate surface area is 200 Å². The van der Waals surface area contributed by atoms with Crippen LogP contribution < -0.4 is 10.1 Å². The topological polar surface area (TPSA) is 43.4 Å². The number of thiazole rings is 1. The van der Waals surface area contributed by atoms with Gasteiger partial charge in [0.2, 0.25) is 0 Å². The average molecular weight is 471 g/mol. The van der Waals surface area contributed by atoms with Gasteiger partial charge in [-0.15, -0.1) is 22.7 Å². The first-order chi connectivity index (χ1) is 15.1. The molecule has 0 fully saturated rings. The van der Waals surface area contributed by atoms with Gasteiger partial charge in [0.05, 0.1) is 30.0 Å². The molecule has 0 aliphatic carbocycles. The van der Waals surface area contributed by atoms with E-state index in [-0.39, 0.29) is 5.41 Å². The lowest BCUT2D eigenvalue weighted by atomic mass is 9.94. The van der Waals surface area contributed by atoms with Crippen LogP contribution in [0.1, 0.15) is 56.2 Å². The summed E-state index contributed by atoms with van der Waals surface area (Å²) < 4.78 is 11.2. The van der Waals surface area contributed by atoms with Gasteiger partial charge in [-0.05, 0) is 42.9 Å². The van der Waals surface area contributed by atoms with Crippen LogP contribution in [-0.4, -0.2) is 18.7 Å². The Bertz CT molecular complexity index is 1070. The molecule has 0 bridgehead atoms. The molecule has 0 amide bonds. The number of nitrogens with one attached hydrogen (secondary N) is 1. The van der Waals surface area contributed by atoms with Gasteiger partial charge in [0.25, 0.3) is 0 Å². The third-order valence-electron chi connectivity index (χ3n) is 4.92. The van der Waals surface area contributed by atoms with Gasteiger partial charge in [-0.1, -0.05) is 53.3 Å². The second kappa shape index (κ2) is 10.1. The monoisotopic (exact) mass is 470 g/mol. The number of rotatable bonds is 9. The maximum Gasteiger partial charge on any atom is 0.188 e. The summed E-state index contributed by atoms with van der Waals surface area (Å²) in [6, 6.07) is 10.4. The van der Waals surface area contributed by atoms with E-state index >= 15 is 0 Å². The Kier molecular flexibility index (Phi) is 7.67. The van der Waals surface area contributed by atoms with Gasteiger partial charge in [-0.3, -0.25) is 0 Å². The molecule has 2 heterocycles. The number of hydrogen-bond acceptors (Lipinski definition) is 6. The fourth-order valence-corrected chi connectivity index (χ4v) is 5.64. The first-order valence-corrected chi connectivity index (χ1v) is 12.6. The van der Waals surface area contributed by atoms with Crippen LogP contribution >= 0.6 is 22.7 Å². The van der Waals surface area contributed by atoms with E-state index in [0.29, 0.717) is 18.3 Å². The molecule has 1 N–H and O–H groups in total. The second-order valence-corrected chi connectivity index (χ2v) is 11.3. The van der Waals surface area contributed by atoms with Crippen molar-refractivity contribution in [1.82, 2.24) is 4.98 Å². The summed E-state index contributed by atoms with van der Waals surface area (Å²) in [4.78, 5) is 8.57. The largest absolute Gasteiger partial charge is 0.496 e. The number of thiophene rings is 1. The molecule has 0 radical (unpaired) electrons. The Hall–Kier alpha value is -2.31. The molecule has 0 spiro atoms. The molecule has 172 valence electrons. The molecule has 0 atom stereocenters. The van der Waals surface area contributed by atoms with Crippen molar-refractivity contribution in [3.8, 4) is 17.0 Å². The standard InChI is InChI=1S/C26H34N2O2S2/c1-9-30-19-12-10-11-18(14-19)23-21(13-16(2)3)31-25(28-23)27-20-15-22(26(5,6)7)32-24(20)17(4)29-8/h10-12,14-16H,4,9,13H2,1-3,5-8H3,(H,27,28). The molecular weight excluding hydrogens is 436 g/mol. The van der Waals surface area contributed by atoms with Crippen molar-refractivity contribution in [2.24, 2.45) is 5.92 Å². The molecule has 0 unspecified atom stereocenters. The minimum atomic E-state index is 0.0456. The van der Waals surface area contributed by atoms with Crippen LogP contribution in [0.3, 0.4) is 0 Å². The number of benzene rings is 1. The highest BCUT2D eigenvalue weighted by Crippen LogP contribution is 2.42. The van der Waals surface area contributed by atoms with Gasteiger partial charge in [-0.25, -0.2) is 4.98 Å². The van der Waals surface area contributed by atoms with Crippen LogP contribution in [-0.2, 0) is 16.6 Å². The van der Waals surface area contributed by atoms with E-state index < -0.39 is 0 Å². The first-order valence-electron chi connectivity index (χ1n) is 11.0. The number of ether oxygens (including phenoxy) is 2. The Morgan fingerprint density at radius 1 is 1.19 bits per heavy atom. The third kappa shape index (κ3) is 5.73. The van der Waals surface area contributed by atoms with E-state index in [0.717, 1.165) is 39.1 Å². The highest BCUT2D eigenvalue weighted by Gasteiger charge is 2.23. The van der Waals surface area contributed by atoms with Crippen LogP contribution in [0.2, 0.25) is 0 Å². The Balaban J connectivity index is 2.02. The van der Waals surface area contributed by atoms with E-state index in [2.05, 4.69) is 64.7 Å². The van der Waals surface area contributed by atoms with Gasteiger partial charge < -0.3 is 14.8 Å². The summed E-state index contributed by atoms with van der Waals surface area (Å²) >= 11 is 3.43. The third-order valence-corrected chi connectivity index (χ3v) is 7.52. The van der Waals surface area contributed by atoms with Crippen LogP contribution in [0.25, 0.3) is 17.0 Å². The summed E-state index contributed by atoms with van der Waals surface area (Å²) in [7, 11) is 1.66. The molecule has 3 rings (SSSR count). The zero-order valence-corrected chi connectivity index (χ0v) is 21.8. The second-order valence-electron chi connectivity index (χ2n) is 9.21. The van der Waals surface area contributed by atoms with E-state index in [1.807, 2.05) is 19.1 Å². The van der Waals surface area contributed by atoms with E-state index in [4.69, 9.17) is 14.5 Å². The minimum absolute atomic E-state index is 0.0456. The SMILES string of the molecule is C=C(OC)c1sc(C(C)(C)C)cc1Nc1nc(-c2cccc(OCC)c2)c(CC(C)C)s1. The molecule has 0 saturated heterocycles. The first kappa shape index (κ1) is 24.3. The predicted octanol–water partition coefficient (Wildman–Crippen LogP) is 8.13. The highest BCUT2D eigenvalue weighted by molar-refractivity contribution is 7.16. The lowest BCUT2D eigenvalue weighted by Gasteiger charge is -2.15. The summed E-state index contributed by atoms with van der Waals surface area (Å²) in [5.41, 5.74) is 3.14. The average Bonchev–Trinajstić information content (AvgIpc) is 3.32. The lowest BCUT2D eigenvalue weighted by Crippen LogP contribution is -2.07. The minimum Gasteiger partial charge on any atom is -0.496 e. The molecule has 1 aromatic carbocycles. The van der Waals surface area contributed by atoms with Gasteiger partial charge in [-0.2, -0.15) is 0 Å². The van der Waals surface area contributed by atoms with Crippen molar-refractivity contribution < 1.29 is 9.47 Å². The van der Waals surface area contributed by atoms with Crippen molar-refractivity contribution in [2.45, 2.75) is 53.4 Å². The van der Waals surface area contributed by atoms with E-state index in [9.17, 15) is 0 Å². The van der Waals surface area contributed by atoms with Crippen LogP contribution in [0.5, 0.6) is 5.75 Å². The van der Waals surface area contributed by atoms with Crippen molar-refractivity contribution >= 4 is 39.3 Å². The molecule has 6 heteroatoms. The predicted molar refractivity (Wildman–Crippen MR) is 140 cm³/mol. The summed E-state index contributed by atoms with van der Waals surface area (Å²) in [6.07, 6.45) is 0.974. The molecule has 32 heavy (non-hydrogen) atoms. The van der Waals surface area contributed by atoms with E-state index in [1.54, 1.807) is 29.8 Å². The molecule has 2 aromatic heterocycles. The maximum absolute atomic E-state index is 5.72. The van der Waals surface area contributed by atoms with E-state index in [1.165, 1.54) is 9.75 Å². The summed E-state index contributed by atoms with van der Waals surface area (Å²) in [5.74, 6) is 2.07. The number of anilines is 2.